The zero-order valence-corrected chi connectivity index (χ0v) is 9.85. The third-order valence-electron chi connectivity index (χ3n) is 3.54. The van der Waals surface area contributed by atoms with Gasteiger partial charge in [0.15, 0.2) is 6.10 Å². The van der Waals surface area contributed by atoms with Gasteiger partial charge in [-0.15, -0.1) is 0 Å². The highest BCUT2D eigenvalue weighted by atomic mass is 16.5. The number of carboxylic acid groups (broad SMARTS) is 1. The summed E-state index contributed by atoms with van der Waals surface area (Å²) in [4.78, 5) is 22.6. The lowest BCUT2D eigenvalue weighted by Crippen LogP contribution is -2.42. The molecule has 0 spiro atoms. The Morgan fingerprint density at radius 3 is 2.24 bits per heavy atom. The maximum absolute atomic E-state index is 11.9. The summed E-state index contributed by atoms with van der Waals surface area (Å²) in [5.74, 6) is -1.11. The molecule has 0 aromatic heterocycles. The Morgan fingerprint density at radius 1 is 1.00 bits per heavy atom. The minimum Gasteiger partial charge on any atom is -0.479 e. The van der Waals surface area contributed by atoms with Crippen molar-refractivity contribution in [2.45, 2.75) is 63.2 Å². The van der Waals surface area contributed by atoms with Gasteiger partial charge in [-0.2, -0.15) is 0 Å². The monoisotopic (exact) mass is 241 g/mol. The Bertz CT molecular complexity index is 299. The molecule has 1 aliphatic heterocycles. The Morgan fingerprint density at radius 2 is 1.65 bits per heavy atom. The predicted molar refractivity (Wildman–Crippen MR) is 60.5 cm³/mol. The Labute approximate surface area is 101 Å². The first kappa shape index (κ1) is 12.4. The molecular formula is C12H19NO4. The summed E-state index contributed by atoms with van der Waals surface area (Å²) in [7, 11) is 0. The molecule has 2 aliphatic rings. The van der Waals surface area contributed by atoms with Gasteiger partial charge in [-0.25, -0.2) is 4.79 Å². The average molecular weight is 241 g/mol. The fraction of sp³-hybridized carbons (Fsp3) is 0.833. The van der Waals surface area contributed by atoms with Crippen LogP contribution in [0.4, 0.5) is 0 Å². The molecule has 0 radical (unpaired) electrons. The van der Waals surface area contributed by atoms with Crippen LogP contribution in [0, 0.1) is 0 Å². The summed E-state index contributed by atoms with van der Waals surface area (Å²) < 4.78 is 5.21. The van der Waals surface area contributed by atoms with Crippen molar-refractivity contribution in [1.82, 2.24) is 5.32 Å². The number of hydrogen-bond acceptors (Lipinski definition) is 3. The lowest BCUT2D eigenvalue weighted by Gasteiger charge is -2.24. The van der Waals surface area contributed by atoms with Crippen molar-refractivity contribution in [2.24, 2.45) is 0 Å². The van der Waals surface area contributed by atoms with Gasteiger partial charge in [0.1, 0.15) is 6.10 Å². The molecule has 1 saturated heterocycles. The number of nitrogens with one attached hydrogen (secondary N) is 1. The van der Waals surface area contributed by atoms with Gasteiger partial charge in [0.05, 0.1) is 0 Å². The third kappa shape index (κ3) is 3.19. The molecule has 96 valence electrons. The lowest BCUT2D eigenvalue weighted by molar-refractivity contribution is -0.151. The minimum absolute atomic E-state index is 0.138. The summed E-state index contributed by atoms with van der Waals surface area (Å²) in [6, 6.07) is 0.253. The van der Waals surface area contributed by atoms with E-state index in [1.807, 2.05) is 0 Å². The number of hydrogen-bond donors (Lipinski definition) is 2. The molecule has 1 aliphatic carbocycles. The Hall–Kier alpha value is -1.10. The van der Waals surface area contributed by atoms with Gasteiger partial charge in [-0.3, -0.25) is 4.79 Å². The molecule has 2 rings (SSSR count). The number of amides is 1. The summed E-state index contributed by atoms with van der Waals surface area (Å²) in [6.07, 6.45) is 5.18. The minimum atomic E-state index is -0.974. The fourth-order valence-corrected chi connectivity index (χ4v) is 2.55. The third-order valence-corrected chi connectivity index (χ3v) is 3.54. The first-order valence-corrected chi connectivity index (χ1v) is 6.35. The van der Waals surface area contributed by atoms with E-state index in [4.69, 9.17) is 9.84 Å². The SMILES string of the molecule is O=C(NC1CCCCC1)[C@@H]1CC[C@H](C(=O)O)O1. The molecule has 1 saturated carbocycles. The maximum atomic E-state index is 11.9. The molecule has 0 aromatic carbocycles. The molecule has 0 aromatic rings. The van der Waals surface area contributed by atoms with Crippen molar-refractivity contribution in [3.05, 3.63) is 0 Å². The molecule has 5 nitrogen and oxygen atoms in total. The molecule has 0 bridgehead atoms. The number of carboxylic acids is 1. The molecule has 2 N–H and O–H groups in total. The molecule has 1 amide bonds. The average Bonchev–Trinajstić information content (AvgIpc) is 2.79. The highest BCUT2D eigenvalue weighted by Crippen LogP contribution is 2.22. The van der Waals surface area contributed by atoms with Gasteiger partial charge in [-0.1, -0.05) is 19.3 Å². The van der Waals surface area contributed by atoms with E-state index in [0.717, 1.165) is 25.7 Å². The van der Waals surface area contributed by atoms with Crippen LogP contribution in [-0.2, 0) is 14.3 Å². The number of aliphatic carboxylic acids is 1. The van der Waals surface area contributed by atoms with E-state index in [9.17, 15) is 9.59 Å². The highest BCUT2D eigenvalue weighted by Gasteiger charge is 2.35. The van der Waals surface area contributed by atoms with E-state index in [1.165, 1.54) is 6.42 Å². The van der Waals surface area contributed by atoms with E-state index in [2.05, 4.69) is 5.32 Å². The van der Waals surface area contributed by atoms with Crippen LogP contribution in [0.25, 0.3) is 0 Å². The zero-order chi connectivity index (χ0) is 12.3. The summed E-state index contributed by atoms with van der Waals surface area (Å²) in [5.41, 5.74) is 0. The Balaban J connectivity index is 1.78. The second kappa shape index (κ2) is 5.49. The molecule has 5 heteroatoms. The fourth-order valence-electron chi connectivity index (χ4n) is 2.55. The predicted octanol–water partition coefficient (Wildman–Crippen LogP) is 1.07. The van der Waals surface area contributed by atoms with Crippen LogP contribution in [0.2, 0.25) is 0 Å². The molecule has 2 atom stereocenters. The first-order chi connectivity index (χ1) is 8.16. The van der Waals surface area contributed by atoms with Gasteiger partial charge in [0.2, 0.25) is 5.91 Å². The summed E-state index contributed by atoms with van der Waals surface area (Å²) >= 11 is 0. The van der Waals surface area contributed by atoms with Gasteiger partial charge in [0.25, 0.3) is 0 Å². The summed E-state index contributed by atoms with van der Waals surface area (Å²) in [6.45, 7) is 0. The van der Waals surface area contributed by atoms with Crippen LogP contribution in [0.3, 0.4) is 0 Å². The summed E-state index contributed by atoms with van der Waals surface area (Å²) in [5, 5.41) is 11.7. The van der Waals surface area contributed by atoms with Crippen LogP contribution < -0.4 is 5.32 Å². The van der Waals surface area contributed by atoms with Crippen LogP contribution >= 0.6 is 0 Å². The van der Waals surface area contributed by atoms with Gasteiger partial charge in [0, 0.05) is 6.04 Å². The first-order valence-electron chi connectivity index (χ1n) is 6.35. The van der Waals surface area contributed by atoms with Crippen molar-refractivity contribution in [3.8, 4) is 0 Å². The van der Waals surface area contributed by atoms with Crippen molar-refractivity contribution < 1.29 is 19.4 Å². The molecule has 0 unspecified atom stereocenters. The largest absolute Gasteiger partial charge is 0.479 e. The second-order valence-electron chi connectivity index (χ2n) is 4.87. The van der Waals surface area contributed by atoms with Crippen molar-refractivity contribution in [2.75, 3.05) is 0 Å². The van der Waals surface area contributed by atoms with E-state index in [-0.39, 0.29) is 11.9 Å². The van der Waals surface area contributed by atoms with Crippen LogP contribution in [0.1, 0.15) is 44.9 Å². The molecular weight excluding hydrogens is 222 g/mol. The van der Waals surface area contributed by atoms with Crippen LogP contribution in [0.15, 0.2) is 0 Å². The van der Waals surface area contributed by atoms with Gasteiger partial charge >= 0.3 is 5.97 Å². The highest BCUT2D eigenvalue weighted by molar-refractivity contribution is 5.82. The molecule has 1 heterocycles. The molecule has 2 fully saturated rings. The topological polar surface area (TPSA) is 75.6 Å². The van der Waals surface area contributed by atoms with E-state index < -0.39 is 18.2 Å². The van der Waals surface area contributed by atoms with Crippen molar-refractivity contribution >= 4 is 11.9 Å². The number of rotatable bonds is 3. The van der Waals surface area contributed by atoms with E-state index in [0.29, 0.717) is 12.8 Å². The second-order valence-corrected chi connectivity index (χ2v) is 4.87. The van der Waals surface area contributed by atoms with Crippen LogP contribution in [0.5, 0.6) is 0 Å². The smallest absolute Gasteiger partial charge is 0.332 e. The van der Waals surface area contributed by atoms with E-state index in [1.54, 1.807) is 0 Å². The van der Waals surface area contributed by atoms with E-state index >= 15 is 0 Å². The number of carbonyl (C=O) groups is 2. The molecule has 17 heavy (non-hydrogen) atoms. The number of carbonyl (C=O) groups excluding carboxylic acids is 1. The van der Waals surface area contributed by atoms with Gasteiger partial charge in [-0.05, 0) is 25.7 Å². The normalized spacial score (nSPS) is 30.1. The zero-order valence-electron chi connectivity index (χ0n) is 9.85. The van der Waals surface area contributed by atoms with Crippen molar-refractivity contribution in [3.63, 3.8) is 0 Å². The van der Waals surface area contributed by atoms with Crippen LogP contribution in [-0.4, -0.2) is 35.2 Å². The van der Waals surface area contributed by atoms with Crippen molar-refractivity contribution in [1.29, 1.82) is 0 Å². The maximum Gasteiger partial charge on any atom is 0.332 e. The standard InChI is InChI=1S/C12H19NO4/c14-11(13-8-4-2-1-3-5-8)9-6-7-10(17-9)12(15)16/h8-10H,1-7H2,(H,13,14)(H,15,16)/t9-,10+/m0/s1. The lowest BCUT2D eigenvalue weighted by atomic mass is 9.95. The van der Waals surface area contributed by atoms with Gasteiger partial charge < -0.3 is 15.2 Å². The Kier molecular flexibility index (Phi) is 3.99. The number of ether oxygens (including phenoxy) is 1. The quantitative estimate of drug-likeness (QED) is 0.775.